The number of fused-ring (bicyclic) bond motifs is 1. The van der Waals surface area contributed by atoms with Crippen molar-refractivity contribution in [1.82, 2.24) is 9.97 Å². The van der Waals surface area contributed by atoms with Gasteiger partial charge in [0, 0.05) is 0 Å². The Bertz CT molecular complexity index is 441. The monoisotopic (exact) mass is 206 g/mol. The zero-order valence-corrected chi connectivity index (χ0v) is 8.51. The third kappa shape index (κ3) is 1.72. The predicted molar refractivity (Wildman–Crippen MR) is 60.9 cm³/mol. The summed E-state index contributed by atoms with van der Waals surface area (Å²) >= 11 is 1.40. The SMILES string of the molecule is CSC(N)=Nc1nc2ccccc2[nH]1. The Hall–Kier alpha value is -1.49. The van der Waals surface area contributed by atoms with E-state index in [0.29, 0.717) is 11.1 Å². The number of nitrogens with one attached hydrogen (secondary N) is 1. The molecule has 0 atom stereocenters. The number of thioether (sulfide) groups is 1. The number of hydrogen-bond acceptors (Lipinski definition) is 3. The fourth-order valence-electron chi connectivity index (χ4n) is 1.14. The number of nitrogens with two attached hydrogens (primary N) is 1. The molecule has 14 heavy (non-hydrogen) atoms. The van der Waals surface area contributed by atoms with Gasteiger partial charge in [0.25, 0.3) is 0 Å². The Morgan fingerprint density at radius 3 is 3.00 bits per heavy atom. The van der Waals surface area contributed by atoms with E-state index in [9.17, 15) is 0 Å². The summed E-state index contributed by atoms with van der Waals surface area (Å²) < 4.78 is 0. The maximum absolute atomic E-state index is 5.58. The van der Waals surface area contributed by atoms with E-state index in [1.807, 2.05) is 30.5 Å². The van der Waals surface area contributed by atoms with Gasteiger partial charge in [0.1, 0.15) is 0 Å². The molecule has 0 aliphatic carbocycles. The topological polar surface area (TPSA) is 67.1 Å². The van der Waals surface area contributed by atoms with E-state index in [-0.39, 0.29) is 0 Å². The molecule has 0 saturated carbocycles. The van der Waals surface area contributed by atoms with Crippen LogP contribution in [0.4, 0.5) is 5.95 Å². The predicted octanol–water partition coefficient (Wildman–Crippen LogP) is 1.87. The third-order valence-electron chi connectivity index (χ3n) is 1.80. The van der Waals surface area contributed by atoms with Gasteiger partial charge >= 0.3 is 0 Å². The zero-order valence-electron chi connectivity index (χ0n) is 7.69. The highest BCUT2D eigenvalue weighted by Gasteiger charge is 2.00. The number of nitrogens with zero attached hydrogens (tertiary/aromatic N) is 2. The van der Waals surface area contributed by atoms with Crippen molar-refractivity contribution in [2.45, 2.75) is 0 Å². The summed E-state index contributed by atoms with van der Waals surface area (Å²) in [4.78, 5) is 11.4. The average molecular weight is 206 g/mol. The number of imidazole rings is 1. The van der Waals surface area contributed by atoms with Crippen LogP contribution < -0.4 is 5.73 Å². The minimum absolute atomic E-state index is 0.504. The Morgan fingerprint density at radius 2 is 2.29 bits per heavy atom. The molecule has 0 amide bonds. The lowest BCUT2D eigenvalue weighted by molar-refractivity contribution is 1.26. The summed E-state index contributed by atoms with van der Waals surface area (Å²) in [7, 11) is 0. The maximum Gasteiger partial charge on any atom is 0.230 e. The number of benzene rings is 1. The van der Waals surface area contributed by atoms with Crippen molar-refractivity contribution < 1.29 is 0 Å². The number of rotatable bonds is 1. The summed E-state index contributed by atoms with van der Waals surface area (Å²) in [5.41, 5.74) is 7.46. The molecule has 5 heteroatoms. The van der Waals surface area contributed by atoms with Crippen molar-refractivity contribution >= 4 is 33.9 Å². The standard InChI is InChI=1S/C9H10N4S/c1-14-8(10)13-9-11-6-4-2-3-5-7(6)12-9/h2-5H,1H3,(H3,10,11,12,13). The number of hydrogen-bond donors (Lipinski definition) is 2. The Morgan fingerprint density at radius 1 is 1.50 bits per heavy atom. The first-order valence-electron chi connectivity index (χ1n) is 4.12. The first-order valence-corrected chi connectivity index (χ1v) is 5.35. The van der Waals surface area contributed by atoms with Gasteiger partial charge < -0.3 is 10.7 Å². The van der Waals surface area contributed by atoms with Crippen LogP contribution in [0.2, 0.25) is 0 Å². The largest absolute Gasteiger partial charge is 0.378 e. The first-order chi connectivity index (χ1) is 6.79. The second kappa shape index (κ2) is 3.71. The van der Waals surface area contributed by atoms with E-state index in [2.05, 4.69) is 15.0 Å². The molecule has 1 aromatic carbocycles. The highest BCUT2D eigenvalue weighted by atomic mass is 32.2. The van der Waals surface area contributed by atoms with Crippen LogP contribution in [-0.2, 0) is 0 Å². The number of para-hydroxylation sites is 2. The molecule has 0 radical (unpaired) electrons. The highest BCUT2D eigenvalue weighted by molar-refractivity contribution is 8.13. The lowest BCUT2D eigenvalue weighted by Crippen LogP contribution is -2.04. The van der Waals surface area contributed by atoms with E-state index in [0.717, 1.165) is 11.0 Å². The van der Waals surface area contributed by atoms with Crippen molar-refractivity contribution in [3.05, 3.63) is 24.3 Å². The summed E-state index contributed by atoms with van der Waals surface area (Å²) in [5.74, 6) is 0.554. The van der Waals surface area contributed by atoms with E-state index in [1.54, 1.807) is 0 Å². The van der Waals surface area contributed by atoms with Gasteiger partial charge in [-0.2, -0.15) is 4.99 Å². The molecule has 0 saturated heterocycles. The van der Waals surface area contributed by atoms with E-state index in [4.69, 9.17) is 5.73 Å². The van der Waals surface area contributed by atoms with Crippen molar-refractivity contribution in [3.63, 3.8) is 0 Å². The summed E-state index contributed by atoms with van der Waals surface area (Å²) in [6.07, 6.45) is 1.88. The van der Waals surface area contributed by atoms with Crippen LogP contribution in [-0.4, -0.2) is 21.4 Å². The Balaban J connectivity index is 2.45. The lowest BCUT2D eigenvalue weighted by Gasteiger charge is -1.89. The lowest BCUT2D eigenvalue weighted by atomic mass is 10.3. The molecule has 3 N–H and O–H groups in total. The maximum atomic E-state index is 5.58. The van der Waals surface area contributed by atoms with Gasteiger partial charge in [0.15, 0.2) is 5.17 Å². The van der Waals surface area contributed by atoms with E-state index >= 15 is 0 Å². The summed E-state index contributed by atoms with van der Waals surface area (Å²) in [6.45, 7) is 0. The average Bonchev–Trinajstić information content (AvgIpc) is 2.59. The van der Waals surface area contributed by atoms with Gasteiger partial charge in [-0.25, -0.2) is 4.98 Å². The molecule has 0 fully saturated rings. The molecule has 1 heterocycles. The molecular formula is C9H10N4S. The number of amidine groups is 1. The smallest absolute Gasteiger partial charge is 0.230 e. The van der Waals surface area contributed by atoms with Crippen LogP contribution in [0.3, 0.4) is 0 Å². The van der Waals surface area contributed by atoms with Gasteiger partial charge in [0.05, 0.1) is 11.0 Å². The van der Waals surface area contributed by atoms with Gasteiger partial charge in [0.2, 0.25) is 5.95 Å². The van der Waals surface area contributed by atoms with E-state index < -0.39 is 0 Å². The fourth-order valence-corrected chi connectivity index (χ4v) is 1.32. The molecular weight excluding hydrogens is 196 g/mol. The highest BCUT2D eigenvalue weighted by Crippen LogP contribution is 2.15. The van der Waals surface area contributed by atoms with Crippen molar-refractivity contribution in [3.8, 4) is 0 Å². The molecule has 2 rings (SSSR count). The Labute approximate surface area is 85.6 Å². The van der Waals surface area contributed by atoms with Crippen LogP contribution in [0.15, 0.2) is 29.3 Å². The second-order valence-electron chi connectivity index (χ2n) is 2.73. The number of aromatic amines is 1. The molecule has 0 aliphatic heterocycles. The van der Waals surface area contributed by atoms with Crippen LogP contribution in [0.25, 0.3) is 11.0 Å². The molecule has 0 unspecified atom stereocenters. The minimum Gasteiger partial charge on any atom is -0.378 e. The molecule has 0 spiro atoms. The van der Waals surface area contributed by atoms with Crippen molar-refractivity contribution in [1.29, 1.82) is 0 Å². The number of aliphatic imine (C=N–C) groups is 1. The van der Waals surface area contributed by atoms with Gasteiger partial charge in [-0.1, -0.05) is 23.9 Å². The van der Waals surface area contributed by atoms with Crippen molar-refractivity contribution in [2.24, 2.45) is 10.7 Å². The molecule has 1 aromatic heterocycles. The molecule has 72 valence electrons. The normalized spacial score (nSPS) is 12.2. The third-order valence-corrected chi connectivity index (χ3v) is 2.31. The fraction of sp³-hybridized carbons (Fsp3) is 0.111. The summed E-state index contributed by atoms with van der Waals surface area (Å²) in [6, 6.07) is 7.78. The van der Waals surface area contributed by atoms with Crippen LogP contribution in [0.1, 0.15) is 0 Å². The van der Waals surface area contributed by atoms with Crippen LogP contribution in [0, 0.1) is 0 Å². The van der Waals surface area contributed by atoms with Gasteiger partial charge in [-0.05, 0) is 18.4 Å². The second-order valence-corrected chi connectivity index (χ2v) is 3.56. The van der Waals surface area contributed by atoms with Crippen LogP contribution in [0.5, 0.6) is 0 Å². The zero-order chi connectivity index (χ0) is 9.97. The van der Waals surface area contributed by atoms with E-state index in [1.165, 1.54) is 11.8 Å². The number of aromatic nitrogens is 2. The minimum atomic E-state index is 0.504. The Kier molecular flexibility index (Phi) is 2.41. The van der Waals surface area contributed by atoms with Crippen molar-refractivity contribution in [2.75, 3.05) is 6.26 Å². The molecule has 0 bridgehead atoms. The molecule has 2 aromatic rings. The van der Waals surface area contributed by atoms with Gasteiger partial charge in [-0.3, -0.25) is 0 Å². The molecule has 4 nitrogen and oxygen atoms in total. The first kappa shape index (κ1) is 9.08. The quantitative estimate of drug-likeness (QED) is 0.553. The number of H-pyrrole nitrogens is 1. The van der Waals surface area contributed by atoms with Crippen LogP contribution >= 0.6 is 11.8 Å². The van der Waals surface area contributed by atoms with Gasteiger partial charge in [-0.15, -0.1) is 0 Å². The molecule has 0 aliphatic rings. The summed E-state index contributed by atoms with van der Waals surface area (Å²) in [5, 5.41) is 0.504.